The molecule has 0 aromatic carbocycles. The Bertz CT molecular complexity index is 455. The van der Waals surface area contributed by atoms with E-state index in [0.29, 0.717) is 0 Å². The van der Waals surface area contributed by atoms with Gasteiger partial charge in [0, 0.05) is 13.2 Å². The molecule has 0 unspecified atom stereocenters. The number of hydrogen-bond acceptors (Lipinski definition) is 3. The molecule has 1 fully saturated rings. The number of aryl methyl sites for hydroxylation is 2. The number of piperidine rings is 1. The van der Waals surface area contributed by atoms with Crippen LogP contribution in [-0.4, -0.2) is 28.8 Å². The summed E-state index contributed by atoms with van der Waals surface area (Å²) in [5.74, 6) is 0.170. The fourth-order valence-electron chi connectivity index (χ4n) is 3.13. The van der Waals surface area contributed by atoms with Crippen molar-refractivity contribution in [3.63, 3.8) is 0 Å². The molecule has 0 radical (unpaired) electrons. The van der Waals surface area contributed by atoms with Gasteiger partial charge in [-0.3, -0.25) is 9.48 Å². The van der Waals surface area contributed by atoms with Crippen LogP contribution in [-0.2, 0) is 18.3 Å². The number of anilines is 1. The van der Waals surface area contributed by atoms with Gasteiger partial charge in [0.1, 0.15) is 0 Å². The fourth-order valence-corrected chi connectivity index (χ4v) is 3.13. The second-order valence-electron chi connectivity index (χ2n) is 5.75. The van der Waals surface area contributed by atoms with Gasteiger partial charge in [-0.2, -0.15) is 5.10 Å². The largest absolute Gasteiger partial charge is 0.323 e. The molecule has 0 atom stereocenters. The maximum atomic E-state index is 12.8. The van der Waals surface area contributed by atoms with Crippen LogP contribution in [0, 0.1) is 5.41 Å². The molecule has 112 valence electrons. The SMILES string of the molecule is CCCC1(C(=O)Nc2cn(C)nc2CC)CCNCC1. The van der Waals surface area contributed by atoms with Gasteiger partial charge in [-0.1, -0.05) is 20.3 Å². The first-order valence-corrected chi connectivity index (χ1v) is 7.66. The Labute approximate surface area is 121 Å². The fraction of sp³-hybridized carbons (Fsp3) is 0.733. The topological polar surface area (TPSA) is 59.0 Å². The first-order valence-electron chi connectivity index (χ1n) is 7.66. The maximum Gasteiger partial charge on any atom is 0.230 e. The first-order chi connectivity index (χ1) is 9.61. The molecule has 2 heterocycles. The van der Waals surface area contributed by atoms with E-state index in [-0.39, 0.29) is 11.3 Å². The van der Waals surface area contributed by atoms with E-state index in [9.17, 15) is 4.79 Å². The van der Waals surface area contributed by atoms with Gasteiger partial charge in [-0.15, -0.1) is 0 Å². The number of carbonyl (C=O) groups is 1. The molecule has 1 amide bonds. The normalized spacial score (nSPS) is 17.9. The summed E-state index contributed by atoms with van der Waals surface area (Å²) in [6, 6.07) is 0. The molecular formula is C15H26N4O. The first kappa shape index (κ1) is 15.0. The Balaban J connectivity index is 2.15. The summed E-state index contributed by atoms with van der Waals surface area (Å²) in [6.07, 6.45) is 6.59. The van der Waals surface area contributed by atoms with E-state index in [0.717, 1.165) is 56.6 Å². The van der Waals surface area contributed by atoms with E-state index in [1.807, 2.05) is 13.2 Å². The second-order valence-corrected chi connectivity index (χ2v) is 5.75. The van der Waals surface area contributed by atoms with Crippen LogP contribution in [0.1, 0.15) is 45.2 Å². The highest BCUT2D eigenvalue weighted by atomic mass is 16.2. The van der Waals surface area contributed by atoms with E-state index in [4.69, 9.17) is 0 Å². The Morgan fingerprint density at radius 1 is 1.45 bits per heavy atom. The summed E-state index contributed by atoms with van der Waals surface area (Å²) in [6.45, 7) is 6.07. The number of hydrogen-bond donors (Lipinski definition) is 2. The van der Waals surface area contributed by atoms with Crippen molar-refractivity contribution in [2.45, 2.75) is 46.0 Å². The van der Waals surface area contributed by atoms with E-state index in [1.165, 1.54) is 0 Å². The van der Waals surface area contributed by atoms with E-state index < -0.39 is 0 Å². The average Bonchev–Trinajstić information content (AvgIpc) is 2.80. The third-order valence-corrected chi connectivity index (χ3v) is 4.26. The molecule has 0 saturated carbocycles. The van der Waals surface area contributed by atoms with Gasteiger partial charge < -0.3 is 10.6 Å². The van der Waals surface area contributed by atoms with Crippen LogP contribution in [0.25, 0.3) is 0 Å². The summed E-state index contributed by atoms with van der Waals surface area (Å²) < 4.78 is 1.77. The number of aromatic nitrogens is 2. The molecule has 1 aliphatic heterocycles. The molecule has 1 aliphatic rings. The Morgan fingerprint density at radius 2 is 2.15 bits per heavy atom. The molecule has 0 bridgehead atoms. The molecule has 20 heavy (non-hydrogen) atoms. The Kier molecular flexibility index (Phi) is 4.81. The van der Waals surface area contributed by atoms with Crippen molar-refractivity contribution in [2.75, 3.05) is 18.4 Å². The smallest absolute Gasteiger partial charge is 0.230 e. The van der Waals surface area contributed by atoms with Crippen molar-refractivity contribution in [2.24, 2.45) is 12.5 Å². The van der Waals surface area contributed by atoms with E-state index in [1.54, 1.807) is 4.68 Å². The van der Waals surface area contributed by atoms with Crippen LogP contribution >= 0.6 is 0 Å². The van der Waals surface area contributed by atoms with Gasteiger partial charge >= 0.3 is 0 Å². The van der Waals surface area contributed by atoms with Crippen LogP contribution in [0.15, 0.2) is 6.20 Å². The van der Waals surface area contributed by atoms with Crippen molar-refractivity contribution < 1.29 is 4.79 Å². The molecule has 5 nitrogen and oxygen atoms in total. The van der Waals surface area contributed by atoms with Crippen LogP contribution in [0.3, 0.4) is 0 Å². The van der Waals surface area contributed by atoms with Crippen molar-refractivity contribution in [3.05, 3.63) is 11.9 Å². The minimum atomic E-state index is -0.207. The molecule has 5 heteroatoms. The lowest BCUT2D eigenvalue weighted by molar-refractivity contribution is -0.127. The van der Waals surface area contributed by atoms with Gasteiger partial charge in [0.2, 0.25) is 5.91 Å². The quantitative estimate of drug-likeness (QED) is 0.867. The molecule has 2 N–H and O–H groups in total. The summed E-state index contributed by atoms with van der Waals surface area (Å²) in [5.41, 5.74) is 1.62. The number of nitrogens with zero attached hydrogens (tertiary/aromatic N) is 2. The number of carbonyl (C=O) groups excluding carboxylic acids is 1. The molecule has 1 aromatic heterocycles. The zero-order valence-corrected chi connectivity index (χ0v) is 12.8. The monoisotopic (exact) mass is 278 g/mol. The highest BCUT2D eigenvalue weighted by molar-refractivity contribution is 5.95. The standard InChI is InChI=1S/C15H26N4O/c1-4-6-15(7-9-16-10-8-15)14(20)17-13-11-19(3)18-12(13)5-2/h11,16H,4-10H2,1-3H3,(H,17,20). The predicted octanol–water partition coefficient (Wildman–Crippen LogP) is 2.09. The van der Waals surface area contributed by atoms with Crippen molar-refractivity contribution in [1.29, 1.82) is 0 Å². The molecule has 2 rings (SSSR count). The Morgan fingerprint density at radius 3 is 2.75 bits per heavy atom. The molecule has 0 aliphatic carbocycles. The minimum Gasteiger partial charge on any atom is -0.323 e. The lowest BCUT2D eigenvalue weighted by Crippen LogP contribution is -2.44. The van der Waals surface area contributed by atoms with Crippen molar-refractivity contribution in [1.82, 2.24) is 15.1 Å². The number of rotatable bonds is 5. The number of nitrogens with one attached hydrogen (secondary N) is 2. The molecule has 0 spiro atoms. The average molecular weight is 278 g/mol. The molecule has 1 saturated heterocycles. The molecular weight excluding hydrogens is 252 g/mol. The van der Waals surface area contributed by atoms with Gasteiger partial charge in [-0.05, 0) is 38.8 Å². The van der Waals surface area contributed by atoms with Crippen LogP contribution < -0.4 is 10.6 Å². The predicted molar refractivity (Wildman–Crippen MR) is 80.7 cm³/mol. The Hall–Kier alpha value is -1.36. The summed E-state index contributed by atoms with van der Waals surface area (Å²) >= 11 is 0. The summed E-state index contributed by atoms with van der Waals surface area (Å²) in [7, 11) is 1.89. The van der Waals surface area contributed by atoms with Gasteiger partial charge in [0.15, 0.2) is 0 Å². The van der Waals surface area contributed by atoms with Crippen LogP contribution in [0.2, 0.25) is 0 Å². The number of amides is 1. The zero-order chi connectivity index (χ0) is 14.6. The minimum absolute atomic E-state index is 0.170. The van der Waals surface area contributed by atoms with Gasteiger partial charge in [0.05, 0.1) is 16.8 Å². The third kappa shape index (κ3) is 3.03. The summed E-state index contributed by atoms with van der Waals surface area (Å²) in [5, 5.41) is 10.9. The zero-order valence-electron chi connectivity index (χ0n) is 12.8. The third-order valence-electron chi connectivity index (χ3n) is 4.26. The lowest BCUT2D eigenvalue weighted by atomic mass is 9.74. The van der Waals surface area contributed by atoms with Crippen LogP contribution in [0.5, 0.6) is 0 Å². The van der Waals surface area contributed by atoms with Gasteiger partial charge in [-0.25, -0.2) is 0 Å². The highest BCUT2D eigenvalue weighted by Crippen LogP contribution is 2.35. The van der Waals surface area contributed by atoms with E-state index >= 15 is 0 Å². The maximum absolute atomic E-state index is 12.8. The van der Waals surface area contributed by atoms with Gasteiger partial charge in [0.25, 0.3) is 0 Å². The second kappa shape index (κ2) is 6.39. The highest BCUT2D eigenvalue weighted by Gasteiger charge is 2.38. The molecule has 1 aromatic rings. The van der Waals surface area contributed by atoms with Crippen molar-refractivity contribution >= 4 is 11.6 Å². The summed E-state index contributed by atoms with van der Waals surface area (Å²) in [4.78, 5) is 12.8. The van der Waals surface area contributed by atoms with Crippen LogP contribution in [0.4, 0.5) is 5.69 Å². The lowest BCUT2D eigenvalue weighted by Gasteiger charge is -2.36. The van der Waals surface area contributed by atoms with E-state index in [2.05, 4.69) is 29.6 Å². The van der Waals surface area contributed by atoms with Crippen molar-refractivity contribution in [3.8, 4) is 0 Å².